The molecule has 0 amide bonds. The quantitative estimate of drug-likeness (QED) is 0.621. The van der Waals surface area contributed by atoms with Gasteiger partial charge in [-0.1, -0.05) is 17.7 Å². The fourth-order valence-corrected chi connectivity index (χ4v) is 0.998. The highest BCUT2D eigenvalue weighted by molar-refractivity contribution is 6.30. The van der Waals surface area contributed by atoms with Crippen LogP contribution in [0.3, 0.4) is 0 Å². The van der Waals surface area contributed by atoms with Gasteiger partial charge < -0.3 is 4.85 Å². The second-order valence-corrected chi connectivity index (χ2v) is 2.79. The molecule has 0 aliphatic rings. The Bertz CT molecular complexity index is 317. The monoisotopic (exact) mass is 183 g/mol. The highest BCUT2D eigenvalue weighted by Gasteiger charge is 2.01. The summed E-state index contributed by atoms with van der Waals surface area (Å²) in [5, 5.41) is 0.126. The van der Waals surface area contributed by atoms with E-state index in [0.717, 1.165) is 5.56 Å². The first-order valence-corrected chi connectivity index (χ1v) is 3.89. The van der Waals surface area contributed by atoms with Crippen LogP contribution in [0.25, 0.3) is 4.85 Å². The van der Waals surface area contributed by atoms with E-state index < -0.39 is 5.82 Å². The molecule has 0 bridgehead atoms. The molecule has 1 nitrogen and oxygen atoms in total. The molecule has 0 fully saturated rings. The van der Waals surface area contributed by atoms with E-state index in [1.165, 1.54) is 12.1 Å². The van der Waals surface area contributed by atoms with Crippen LogP contribution in [0.15, 0.2) is 18.2 Å². The van der Waals surface area contributed by atoms with Crippen LogP contribution < -0.4 is 0 Å². The molecular formula is C9H7ClFN. The number of hydrogen-bond acceptors (Lipinski definition) is 0. The SMILES string of the molecule is [C-]#[N+]CCc1ccc(Cl)c(F)c1. The third-order valence-corrected chi connectivity index (χ3v) is 1.80. The van der Waals surface area contributed by atoms with E-state index in [0.29, 0.717) is 13.0 Å². The molecule has 12 heavy (non-hydrogen) atoms. The van der Waals surface area contributed by atoms with Crippen molar-refractivity contribution in [3.63, 3.8) is 0 Å². The Hall–Kier alpha value is -1.07. The van der Waals surface area contributed by atoms with Crippen LogP contribution >= 0.6 is 11.6 Å². The summed E-state index contributed by atoms with van der Waals surface area (Å²) >= 11 is 5.48. The average molecular weight is 184 g/mol. The van der Waals surface area contributed by atoms with Crippen molar-refractivity contribution >= 4 is 11.6 Å². The summed E-state index contributed by atoms with van der Waals surface area (Å²) in [4.78, 5) is 3.18. The molecule has 0 radical (unpaired) electrons. The van der Waals surface area contributed by atoms with Gasteiger partial charge in [0.25, 0.3) is 0 Å². The topological polar surface area (TPSA) is 4.36 Å². The molecule has 0 aromatic heterocycles. The predicted octanol–water partition coefficient (Wildman–Crippen LogP) is 2.94. The maximum atomic E-state index is 12.8. The molecule has 1 aromatic rings. The van der Waals surface area contributed by atoms with Crippen molar-refractivity contribution in [1.82, 2.24) is 0 Å². The van der Waals surface area contributed by atoms with Gasteiger partial charge in [0.15, 0.2) is 0 Å². The zero-order valence-corrected chi connectivity index (χ0v) is 7.11. The summed E-state index contributed by atoms with van der Waals surface area (Å²) in [5.74, 6) is -0.417. The first-order chi connectivity index (χ1) is 5.74. The highest BCUT2D eigenvalue weighted by atomic mass is 35.5. The zero-order valence-electron chi connectivity index (χ0n) is 6.35. The van der Waals surface area contributed by atoms with Gasteiger partial charge in [0.05, 0.1) is 5.02 Å². The van der Waals surface area contributed by atoms with Crippen molar-refractivity contribution in [2.24, 2.45) is 0 Å². The molecule has 0 heterocycles. The molecule has 0 N–H and O–H groups in total. The minimum Gasteiger partial charge on any atom is -0.317 e. The standard InChI is InChI=1S/C9H7ClFN/c1-12-5-4-7-2-3-8(10)9(11)6-7/h2-3,6H,4-5H2. The second-order valence-electron chi connectivity index (χ2n) is 2.38. The van der Waals surface area contributed by atoms with Crippen molar-refractivity contribution in [2.75, 3.05) is 6.54 Å². The van der Waals surface area contributed by atoms with E-state index in [-0.39, 0.29) is 5.02 Å². The molecular weight excluding hydrogens is 177 g/mol. The zero-order chi connectivity index (χ0) is 8.97. The molecule has 62 valence electrons. The van der Waals surface area contributed by atoms with Crippen molar-refractivity contribution in [1.29, 1.82) is 0 Å². The Kier molecular flexibility index (Phi) is 3.07. The van der Waals surface area contributed by atoms with Gasteiger partial charge in [-0.05, 0) is 17.7 Å². The minimum absolute atomic E-state index is 0.126. The third kappa shape index (κ3) is 2.21. The van der Waals surface area contributed by atoms with Crippen LogP contribution in [0.2, 0.25) is 5.02 Å². The van der Waals surface area contributed by atoms with Gasteiger partial charge in [0, 0.05) is 6.42 Å². The van der Waals surface area contributed by atoms with E-state index >= 15 is 0 Å². The van der Waals surface area contributed by atoms with Crippen LogP contribution in [0, 0.1) is 12.4 Å². The molecule has 3 heteroatoms. The lowest BCUT2D eigenvalue weighted by molar-refractivity contribution is 0.626. The Morgan fingerprint density at radius 3 is 2.83 bits per heavy atom. The average Bonchev–Trinajstić information content (AvgIpc) is 2.07. The number of hydrogen-bond donors (Lipinski definition) is 0. The highest BCUT2D eigenvalue weighted by Crippen LogP contribution is 2.15. The summed E-state index contributed by atoms with van der Waals surface area (Å²) < 4.78 is 12.8. The van der Waals surface area contributed by atoms with Gasteiger partial charge in [-0.2, -0.15) is 0 Å². The van der Waals surface area contributed by atoms with Crippen LogP contribution in [-0.4, -0.2) is 6.54 Å². The molecule has 0 saturated carbocycles. The Labute approximate surface area is 75.6 Å². The predicted molar refractivity (Wildman–Crippen MR) is 46.6 cm³/mol. The normalized spacial score (nSPS) is 9.42. The molecule has 0 saturated heterocycles. The number of rotatable bonds is 2. The van der Waals surface area contributed by atoms with E-state index in [9.17, 15) is 4.39 Å². The molecule has 0 unspecified atom stereocenters. The van der Waals surface area contributed by atoms with Crippen molar-refractivity contribution in [3.05, 3.63) is 46.0 Å². The van der Waals surface area contributed by atoms with Crippen molar-refractivity contribution in [2.45, 2.75) is 6.42 Å². The second kappa shape index (κ2) is 4.08. The Morgan fingerprint density at radius 2 is 2.25 bits per heavy atom. The number of halogens is 2. The van der Waals surface area contributed by atoms with Crippen LogP contribution in [0.5, 0.6) is 0 Å². The first kappa shape index (κ1) is 9.02. The van der Waals surface area contributed by atoms with Gasteiger partial charge >= 0.3 is 0 Å². The lowest BCUT2D eigenvalue weighted by Crippen LogP contribution is -1.88. The number of nitrogens with zero attached hydrogens (tertiary/aromatic N) is 1. The summed E-state index contributed by atoms with van der Waals surface area (Å²) in [6.45, 7) is 6.94. The van der Waals surface area contributed by atoms with Crippen LogP contribution in [0.1, 0.15) is 5.56 Å². The van der Waals surface area contributed by atoms with Gasteiger partial charge in [0.1, 0.15) is 5.82 Å². The third-order valence-electron chi connectivity index (χ3n) is 1.50. The molecule has 1 aromatic carbocycles. The Morgan fingerprint density at radius 1 is 1.50 bits per heavy atom. The van der Waals surface area contributed by atoms with E-state index in [2.05, 4.69) is 4.85 Å². The fourth-order valence-electron chi connectivity index (χ4n) is 0.880. The molecule has 0 spiro atoms. The first-order valence-electron chi connectivity index (χ1n) is 3.51. The van der Waals surface area contributed by atoms with Crippen molar-refractivity contribution in [3.8, 4) is 0 Å². The summed E-state index contributed by atoms with van der Waals surface area (Å²) in [6.07, 6.45) is 0.581. The molecule has 0 atom stereocenters. The smallest absolute Gasteiger partial charge is 0.218 e. The van der Waals surface area contributed by atoms with Crippen molar-refractivity contribution < 1.29 is 4.39 Å². The van der Waals surface area contributed by atoms with E-state index in [1.54, 1.807) is 6.07 Å². The van der Waals surface area contributed by atoms with Crippen LogP contribution in [0.4, 0.5) is 4.39 Å². The summed E-state index contributed by atoms with van der Waals surface area (Å²) in [5.41, 5.74) is 0.813. The maximum absolute atomic E-state index is 12.8. The molecule has 1 rings (SSSR count). The molecule has 0 aliphatic heterocycles. The maximum Gasteiger partial charge on any atom is 0.218 e. The van der Waals surface area contributed by atoms with E-state index in [4.69, 9.17) is 18.2 Å². The number of benzene rings is 1. The minimum atomic E-state index is -0.417. The van der Waals surface area contributed by atoms with Gasteiger partial charge in [-0.3, -0.25) is 0 Å². The largest absolute Gasteiger partial charge is 0.317 e. The summed E-state index contributed by atoms with van der Waals surface area (Å²) in [6, 6.07) is 4.61. The fraction of sp³-hybridized carbons (Fsp3) is 0.222. The van der Waals surface area contributed by atoms with Gasteiger partial charge in [-0.25, -0.2) is 11.0 Å². The lowest BCUT2D eigenvalue weighted by Gasteiger charge is -1.97. The molecule has 0 aliphatic carbocycles. The summed E-state index contributed by atoms with van der Waals surface area (Å²) in [7, 11) is 0. The van der Waals surface area contributed by atoms with E-state index in [1.807, 2.05) is 0 Å². The lowest BCUT2D eigenvalue weighted by atomic mass is 10.1. The van der Waals surface area contributed by atoms with Crippen LogP contribution in [-0.2, 0) is 6.42 Å². The van der Waals surface area contributed by atoms with Gasteiger partial charge in [-0.15, -0.1) is 0 Å². The van der Waals surface area contributed by atoms with Gasteiger partial charge in [0.2, 0.25) is 6.54 Å². The Balaban J connectivity index is 2.77.